The highest BCUT2D eigenvalue weighted by Crippen LogP contribution is 2.35. The van der Waals surface area contributed by atoms with Gasteiger partial charge in [-0.15, -0.1) is 0 Å². The van der Waals surface area contributed by atoms with Gasteiger partial charge in [-0.05, 0) is 46.8 Å². The molecule has 0 N–H and O–H groups in total. The number of benzene rings is 1. The summed E-state index contributed by atoms with van der Waals surface area (Å²) in [4.78, 5) is 10.7. The van der Waals surface area contributed by atoms with Crippen molar-refractivity contribution in [3.8, 4) is 0 Å². The molecular weight excluding hydrogens is 344 g/mol. The monoisotopic (exact) mass is 356 g/mol. The number of carbonyl (C=O) groups is 1. The Morgan fingerprint density at radius 3 is 3.10 bits per heavy atom. The van der Waals surface area contributed by atoms with Gasteiger partial charge in [-0.25, -0.2) is 4.68 Å². The number of aldehydes is 1. The SMILES string of the molecule is O=CCc1c(Cl)cc2c(cnn2C2CCCCO2)c1Br. The summed E-state index contributed by atoms with van der Waals surface area (Å²) in [6.45, 7) is 0.768. The van der Waals surface area contributed by atoms with E-state index in [0.717, 1.165) is 53.1 Å². The third-order valence-corrected chi connectivity index (χ3v) is 4.85. The van der Waals surface area contributed by atoms with Gasteiger partial charge in [0, 0.05) is 27.9 Å². The van der Waals surface area contributed by atoms with Crippen LogP contribution >= 0.6 is 27.5 Å². The molecule has 106 valence electrons. The van der Waals surface area contributed by atoms with Crippen LogP contribution in [0.15, 0.2) is 16.7 Å². The number of aromatic nitrogens is 2. The van der Waals surface area contributed by atoms with Gasteiger partial charge in [-0.2, -0.15) is 5.10 Å². The van der Waals surface area contributed by atoms with Gasteiger partial charge in [0.15, 0.2) is 6.23 Å². The quantitative estimate of drug-likeness (QED) is 0.783. The van der Waals surface area contributed by atoms with Crippen LogP contribution in [0.3, 0.4) is 0 Å². The van der Waals surface area contributed by atoms with Crippen LogP contribution in [0, 0.1) is 0 Å². The Labute approximate surface area is 130 Å². The zero-order valence-corrected chi connectivity index (χ0v) is 13.2. The minimum Gasteiger partial charge on any atom is -0.356 e. The second kappa shape index (κ2) is 5.84. The molecule has 1 unspecified atom stereocenters. The molecule has 1 atom stereocenters. The van der Waals surface area contributed by atoms with E-state index < -0.39 is 0 Å². The summed E-state index contributed by atoms with van der Waals surface area (Å²) in [5.41, 5.74) is 1.74. The summed E-state index contributed by atoms with van der Waals surface area (Å²) >= 11 is 9.82. The molecule has 1 aliphatic heterocycles. The van der Waals surface area contributed by atoms with Crippen LogP contribution in [-0.4, -0.2) is 22.7 Å². The Kier molecular flexibility index (Phi) is 4.10. The maximum Gasteiger partial charge on any atom is 0.150 e. The molecule has 0 aliphatic carbocycles. The highest BCUT2D eigenvalue weighted by Gasteiger charge is 2.21. The van der Waals surface area contributed by atoms with Crippen molar-refractivity contribution in [3.05, 3.63) is 27.3 Å². The molecule has 1 aromatic heterocycles. The van der Waals surface area contributed by atoms with E-state index in [9.17, 15) is 4.79 Å². The molecule has 1 fully saturated rings. The van der Waals surface area contributed by atoms with Gasteiger partial charge >= 0.3 is 0 Å². The van der Waals surface area contributed by atoms with E-state index in [1.165, 1.54) is 0 Å². The summed E-state index contributed by atoms with van der Waals surface area (Å²) < 4.78 is 8.50. The van der Waals surface area contributed by atoms with Gasteiger partial charge in [-0.3, -0.25) is 0 Å². The number of halogens is 2. The van der Waals surface area contributed by atoms with Crippen LogP contribution in [-0.2, 0) is 16.0 Å². The molecule has 6 heteroatoms. The van der Waals surface area contributed by atoms with Crippen molar-refractivity contribution in [3.63, 3.8) is 0 Å². The first-order valence-corrected chi connectivity index (χ1v) is 7.79. The number of nitrogens with zero attached hydrogens (tertiary/aromatic N) is 2. The number of hydrogen-bond donors (Lipinski definition) is 0. The first-order chi connectivity index (χ1) is 9.72. The van der Waals surface area contributed by atoms with Crippen LogP contribution in [0.5, 0.6) is 0 Å². The molecule has 0 radical (unpaired) electrons. The van der Waals surface area contributed by atoms with Crippen molar-refractivity contribution in [2.75, 3.05) is 6.61 Å². The van der Waals surface area contributed by atoms with Crippen LogP contribution < -0.4 is 0 Å². The Hall–Kier alpha value is -0.910. The molecular formula is C14H14BrClN2O2. The largest absolute Gasteiger partial charge is 0.356 e. The van der Waals surface area contributed by atoms with E-state index >= 15 is 0 Å². The molecule has 1 aliphatic rings. The third kappa shape index (κ3) is 2.38. The number of carbonyl (C=O) groups excluding carboxylic acids is 1. The number of hydrogen-bond acceptors (Lipinski definition) is 3. The Morgan fingerprint density at radius 1 is 1.55 bits per heavy atom. The van der Waals surface area contributed by atoms with Crippen LogP contribution in [0.25, 0.3) is 10.9 Å². The zero-order valence-electron chi connectivity index (χ0n) is 10.8. The average Bonchev–Trinajstić information content (AvgIpc) is 2.88. The Balaban J connectivity index is 2.10. The molecule has 3 rings (SSSR count). The molecule has 0 amide bonds. The van der Waals surface area contributed by atoms with Gasteiger partial charge in [0.05, 0.1) is 11.7 Å². The zero-order chi connectivity index (χ0) is 14.1. The lowest BCUT2D eigenvalue weighted by atomic mass is 10.1. The first kappa shape index (κ1) is 14.0. The molecule has 2 heterocycles. The van der Waals surface area contributed by atoms with Crippen molar-refractivity contribution in [1.82, 2.24) is 9.78 Å². The Bertz CT molecular complexity index is 650. The predicted octanol–water partition coefficient (Wildman–Crippen LogP) is 3.89. The van der Waals surface area contributed by atoms with Gasteiger partial charge in [0.25, 0.3) is 0 Å². The van der Waals surface area contributed by atoms with Crippen LogP contribution in [0.2, 0.25) is 5.02 Å². The summed E-state index contributed by atoms with van der Waals surface area (Å²) in [5.74, 6) is 0. The summed E-state index contributed by atoms with van der Waals surface area (Å²) in [6.07, 6.45) is 6.12. The minimum absolute atomic E-state index is 0.0267. The van der Waals surface area contributed by atoms with Crippen LogP contribution in [0.1, 0.15) is 31.1 Å². The van der Waals surface area contributed by atoms with Crippen molar-refractivity contribution in [2.24, 2.45) is 0 Å². The molecule has 0 spiro atoms. The molecule has 1 saturated heterocycles. The number of ether oxygens (including phenoxy) is 1. The van der Waals surface area contributed by atoms with Gasteiger partial charge in [0.1, 0.15) is 6.29 Å². The van der Waals surface area contributed by atoms with Crippen molar-refractivity contribution in [1.29, 1.82) is 0 Å². The molecule has 1 aromatic carbocycles. The summed E-state index contributed by atoms with van der Waals surface area (Å²) in [5, 5.41) is 5.97. The lowest BCUT2D eigenvalue weighted by molar-refractivity contribution is -0.107. The number of fused-ring (bicyclic) bond motifs is 1. The lowest BCUT2D eigenvalue weighted by Crippen LogP contribution is -2.19. The van der Waals surface area contributed by atoms with E-state index in [-0.39, 0.29) is 6.23 Å². The third-order valence-electron chi connectivity index (χ3n) is 3.60. The fourth-order valence-electron chi connectivity index (χ4n) is 2.58. The van der Waals surface area contributed by atoms with Gasteiger partial charge in [-0.1, -0.05) is 11.6 Å². The molecule has 4 nitrogen and oxygen atoms in total. The maximum absolute atomic E-state index is 10.7. The highest BCUT2D eigenvalue weighted by atomic mass is 79.9. The van der Waals surface area contributed by atoms with E-state index in [4.69, 9.17) is 16.3 Å². The number of rotatable bonds is 3. The highest BCUT2D eigenvalue weighted by molar-refractivity contribution is 9.10. The first-order valence-electron chi connectivity index (χ1n) is 6.61. The second-order valence-electron chi connectivity index (χ2n) is 4.86. The van der Waals surface area contributed by atoms with Crippen molar-refractivity contribution in [2.45, 2.75) is 31.9 Å². The van der Waals surface area contributed by atoms with Crippen molar-refractivity contribution >= 4 is 44.7 Å². The smallest absolute Gasteiger partial charge is 0.150 e. The predicted molar refractivity (Wildman–Crippen MR) is 81.1 cm³/mol. The summed E-state index contributed by atoms with van der Waals surface area (Å²) in [6, 6.07) is 1.87. The van der Waals surface area contributed by atoms with Gasteiger partial charge < -0.3 is 9.53 Å². The fraction of sp³-hybridized carbons (Fsp3) is 0.429. The molecule has 0 saturated carbocycles. The van der Waals surface area contributed by atoms with E-state index in [1.54, 1.807) is 6.20 Å². The molecule has 20 heavy (non-hydrogen) atoms. The van der Waals surface area contributed by atoms with Crippen molar-refractivity contribution < 1.29 is 9.53 Å². The van der Waals surface area contributed by atoms with Gasteiger partial charge in [0.2, 0.25) is 0 Å². The molecule has 2 aromatic rings. The van der Waals surface area contributed by atoms with Crippen LogP contribution in [0.4, 0.5) is 0 Å². The van der Waals surface area contributed by atoms with E-state index in [2.05, 4.69) is 21.0 Å². The van der Waals surface area contributed by atoms with E-state index in [0.29, 0.717) is 11.4 Å². The standard InChI is InChI=1S/C14H14BrClN2O2/c15-14-9(4-5-19)11(16)7-12-10(14)8-17-18(12)13-3-1-2-6-20-13/h5,7-8,13H,1-4,6H2. The fourth-order valence-corrected chi connectivity index (χ4v) is 3.65. The topological polar surface area (TPSA) is 44.1 Å². The lowest BCUT2D eigenvalue weighted by Gasteiger charge is -2.23. The summed E-state index contributed by atoms with van der Waals surface area (Å²) in [7, 11) is 0. The molecule has 0 bridgehead atoms. The maximum atomic E-state index is 10.7. The Morgan fingerprint density at radius 2 is 2.40 bits per heavy atom. The normalized spacial score (nSPS) is 19.4. The minimum atomic E-state index is -0.0267. The average molecular weight is 358 g/mol. The van der Waals surface area contributed by atoms with E-state index in [1.807, 2.05) is 10.7 Å². The second-order valence-corrected chi connectivity index (χ2v) is 6.07.